The van der Waals surface area contributed by atoms with Crippen LogP contribution in [-0.4, -0.2) is 19.1 Å². The maximum Gasteiger partial charge on any atom is 0.323 e. The molecule has 0 aromatic heterocycles. The highest BCUT2D eigenvalue weighted by atomic mass is 35.5. The molecule has 0 fully saturated rings. The van der Waals surface area contributed by atoms with Crippen LogP contribution in [0.5, 0.6) is 0 Å². The highest BCUT2D eigenvalue weighted by molar-refractivity contribution is 6.30. The summed E-state index contributed by atoms with van der Waals surface area (Å²) < 4.78 is 5.08. The second-order valence-electron chi connectivity index (χ2n) is 3.25. The van der Waals surface area contributed by atoms with Gasteiger partial charge in [-0.05, 0) is 31.7 Å². The van der Waals surface area contributed by atoms with Gasteiger partial charge in [0.05, 0.1) is 0 Å². The van der Waals surface area contributed by atoms with Crippen LogP contribution < -0.4 is 5.32 Å². The van der Waals surface area contributed by atoms with E-state index >= 15 is 0 Å². The number of nitrogens with one attached hydrogen (secondary N) is 1. The minimum atomic E-state index is -0.288. The van der Waals surface area contributed by atoms with Gasteiger partial charge >= 0.3 is 5.97 Å². The Balaban J connectivity index is 2.47. The van der Waals surface area contributed by atoms with Crippen LogP contribution in [0.4, 0.5) is 0 Å². The predicted octanol–water partition coefficient (Wildman–Crippen LogP) is 1.99. The van der Waals surface area contributed by atoms with Gasteiger partial charge in [-0.25, -0.2) is 0 Å². The van der Waals surface area contributed by atoms with Crippen molar-refractivity contribution in [2.45, 2.75) is 19.6 Å². The minimum absolute atomic E-state index is 0.255. The standard InChI is InChI=1S/C11H14ClNO2/c1-8(13-2)11(14)15-7-9-4-3-5-10(12)6-9/h3-6,8,13H,7H2,1-2H3. The van der Waals surface area contributed by atoms with Crippen molar-refractivity contribution in [1.82, 2.24) is 5.32 Å². The van der Waals surface area contributed by atoms with E-state index in [0.29, 0.717) is 5.02 Å². The number of halogens is 1. The fraction of sp³-hybridized carbons (Fsp3) is 0.364. The first-order valence-electron chi connectivity index (χ1n) is 4.72. The lowest BCUT2D eigenvalue weighted by atomic mass is 10.2. The molecule has 0 aliphatic rings. The minimum Gasteiger partial charge on any atom is -0.460 e. The van der Waals surface area contributed by atoms with Gasteiger partial charge in [-0.3, -0.25) is 4.79 Å². The molecule has 1 aromatic rings. The number of rotatable bonds is 4. The van der Waals surface area contributed by atoms with Gasteiger partial charge in [0.1, 0.15) is 12.6 Å². The van der Waals surface area contributed by atoms with Gasteiger partial charge in [0.2, 0.25) is 0 Å². The number of carbonyl (C=O) groups excluding carboxylic acids is 1. The molecule has 3 nitrogen and oxygen atoms in total. The van der Waals surface area contributed by atoms with Gasteiger partial charge in [-0.1, -0.05) is 23.7 Å². The second-order valence-corrected chi connectivity index (χ2v) is 3.68. The molecule has 0 heterocycles. The third-order valence-electron chi connectivity index (χ3n) is 2.06. The lowest BCUT2D eigenvalue weighted by Gasteiger charge is -2.10. The maximum atomic E-state index is 11.3. The Morgan fingerprint density at radius 2 is 2.33 bits per heavy atom. The summed E-state index contributed by atoms with van der Waals surface area (Å²) in [5.74, 6) is -0.266. The van der Waals surface area contributed by atoms with Crippen LogP contribution in [0.1, 0.15) is 12.5 Å². The lowest BCUT2D eigenvalue weighted by Crippen LogP contribution is -2.32. The molecule has 0 amide bonds. The fourth-order valence-corrected chi connectivity index (χ4v) is 1.24. The smallest absolute Gasteiger partial charge is 0.323 e. The zero-order valence-corrected chi connectivity index (χ0v) is 9.54. The van der Waals surface area contributed by atoms with Crippen molar-refractivity contribution in [3.05, 3.63) is 34.9 Å². The Bertz CT molecular complexity index is 341. The third kappa shape index (κ3) is 3.90. The molecule has 1 N–H and O–H groups in total. The van der Waals surface area contributed by atoms with Crippen molar-refractivity contribution in [2.75, 3.05) is 7.05 Å². The number of esters is 1. The first kappa shape index (κ1) is 12.0. The average molecular weight is 228 g/mol. The molecule has 0 spiro atoms. The second kappa shape index (κ2) is 5.73. The van der Waals surface area contributed by atoms with Gasteiger partial charge in [-0.15, -0.1) is 0 Å². The van der Waals surface area contributed by atoms with E-state index in [0.717, 1.165) is 5.56 Å². The van der Waals surface area contributed by atoms with Gasteiger partial charge in [-0.2, -0.15) is 0 Å². The Hall–Kier alpha value is -1.06. The van der Waals surface area contributed by atoms with E-state index in [1.54, 1.807) is 26.1 Å². The van der Waals surface area contributed by atoms with Crippen LogP contribution >= 0.6 is 11.6 Å². The maximum absolute atomic E-state index is 11.3. The van der Waals surface area contributed by atoms with Gasteiger partial charge < -0.3 is 10.1 Å². The topological polar surface area (TPSA) is 38.3 Å². The molecule has 0 radical (unpaired) electrons. The summed E-state index contributed by atoms with van der Waals surface area (Å²) in [4.78, 5) is 11.3. The molecular formula is C11H14ClNO2. The first-order valence-corrected chi connectivity index (χ1v) is 5.09. The summed E-state index contributed by atoms with van der Waals surface area (Å²) in [5, 5.41) is 3.46. The average Bonchev–Trinajstić information content (AvgIpc) is 2.25. The van der Waals surface area contributed by atoms with E-state index in [9.17, 15) is 4.79 Å². The van der Waals surface area contributed by atoms with Gasteiger partial charge in [0, 0.05) is 5.02 Å². The Labute approximate surface area is 94.4 Å². The number of ether oxygens (including phenoxy) is 1. The summed E-state index contributed by atoms with van der Waals surface area (Å²) in [6.07, 6.45) is 0. The van der Waals surface area contributed by atoms with Crippen molar-refractivity contribution in [1.29, 1.82) is 0 Å². The van der Waals surface area contributed by atoms with E-state index in [-0.39, 0.29) is 18.6 Å². The molecule has 1 rings (SSSR count). The van der Waals surface area contributed by atoms with Crippen LogP contribution in [0.25, 0.3) is 0 Å². The molecule has 15 heavy (non-hydrogen) atoms. The largest absolute Gasteiger partial charge is 0.460 e. The quantitative estimate of drug-likeness (QED) is 0.800. The number of carbonyl (C=O) groups is 1. The molecule has 0 aliphatic carbocycles. The van der Waals surface area contributed by atoms with E-state index in [4.69, 9.17) is 16.3 Å². The van der Waals surface area contributed by atoms with Crippen molar-refractivity contribution >= 4 is 17.6 Å². The molecule has 1 unspecified atom stereocenters. The number of hydrogen-bond donors (Lipinski definition) is 1. The molecule has 1 atom stereocenters. The Morgan fingerprint density at radius 3 is 2.93 bits per heavy atom. The predicted molar refractivity (Wildman–Crippen MR) is 59.8 cm³/mol. The fourth-order valence-electron chi connectivity index (χ4n) is 1.02. The Morgan fingerprint density at radius 1 is 1.60 bits per heavy atom. The van der Waals surface area contributed by atoms with Crippen LogP contribution in [0.3, 0.4) is 0 Å². The van der Waals surface area contributed by atoms with Crippen molar-refractivity contribution in [2.24, 2.45) is 0 Å². The molecule has 0 saturated heterocycles. The number of benzene rings is 1. The van der Waals surface area contributed by atoms with Crippen molar-refractivity contribution in [3.8, 4) is 0 Å². The molecule has 4 heteroatoms. The van der Waals surface area contributed by atoms with Crippen molar-refractivity contribution in [3.63, 3.8) is 0 Å². The van der Waals surface area contributed by atoms with Crippen molar-refractivity contribution < 1.29 is 9.53 Å². The monoisotopic (exact) mass is 227 g/mol. The Kier molecular flexibility index (Phi) is 4.59. The van der Waals surface area contributed by atoms with E-state index in [2.05, 4.69) is 5.32 Å². The molecule has 1 aromatic carbocycles. The summed E-state index contributed by atoms with van der Waals surface area (Å²) in [7, 11) is 1.71. The lowest BCUT2D eigenvalue weighted by molar-refractivity contribution is -0.146. The molecular weight excluding hydrogens is 214 g/mol. The SMILES string of the molecule is CNC(C)C(=O)OCc1cccc(Cl)c1. The van der Waals surface area contributed by atoms with Gasteiger partial charge in [0.15, 0.2) is 0 Å². The number of likely N-dealkylation sites (N-methyl/N-ethyl adjacent to an activating group) is 1. The third-order valence-corrected chi connectivity index (χ3v) is 2.29. The van der Waals surface area contributed by atoms with Gasteiger partial charge in [0.25, 0.3) is 0 Å². The van der Waals surface area contributed by atoms with Crippen LogP contribution in [-0.2, 0) is 16.1 Å². The highest BCUT2D eigenvalue weighted by Gasteiger charge is 2.11. The highest BCUT2D eigenvalue weighted by Crippen LogP contribution is 2.11. The summed E-state index contributed by atoms with van der Waals surface area (Å²) in [6.45, 7) is 2.01. The summed E-state index contributed by atoms with van der Waals surface area (Å²) >= 11 is 5.80. The first-order chi connectivity index (χ1) is 7.13. The molecule has 0 bridgehead atoms. The molecule has 82 valence electrons. The number of hydrogen-bond acceptors (Lipinski definition) is 3. The zero-order valence-electron chi connectivity index (χ0n) is 8.79. The zero-order chi connectivity index (χ0) is 11.3. The van der Waals surface area contributed by atoms with Crippen LogP contribution in [0.15, 0.2) is 24.3 Å². The van der Waals surface area contributed by atoms with E-state index in [1.165, 1.54) is 0 Å². The summed E-state index contributed by atoms with van der Waals surface area (Å²) in [5.41, 5.74) is 0.888. The molecule has 0 saturated carbocycles. The summed E-state index contributed by atoms with van der Waals surface area (Å²) in [6, 6.07) is 6.96. The van der Waals surface area contributed by atoms with Crippen LogP contribution in [0.2, 0.25) is 5.02 Å². The van der Waals surface area contributed by atoms with Crippen LogP contribution in [0, 0.1) is 0 Å². The van der Waals surface area contributed by atoms with E-state index in [1.807, 2.05) is 12.1 Å². The molecule has 0 aliphatic heterocycles. The van der Waals surface area contributed by atoms with E-state index < -0.39 is 0 Å². The normalized spacial score (nSPS) is 12.2.